The zero-order valence-electron chi connectivity index (χ0n) is 17.5. The van der Waals surface area contributed by atoms with Crippen LogP contribution in [0.4, 0.5) is 18.9 Å². The molecule has 0 radical (unpaired) electrons. The van der Waals surface area contributed by atoms with Crippen molar-refractivity contribution in [2.75, 3.05) is 31.6 Å². The van der Waals surface area contributed by atoms with E-state index in [1.165, 1.54) is 12.1 Å². The number of nitrogens with zero attached hydrogens (tertiary/aromatic N) is 1. The van der Waals surface area contributed by atoms with Crippen molar-refractivity contribution in [3.63, 3.8) is 0 Å². The molecule has 1 saturated carbocycles. The summed E-state index contributed by atoms with van der Waals surface area (Å²) in [4.78, 5) is 27.7. The Balaban J connectivity index is 1.36. The smallest absolute Gasteiger partial charge is 0.416 e. The van der Waals surface area contributed by atoms with Crippen LogP contribution in [0.25, 0.3) is 11.0 Å². The van der Waals surface area contributed by atoms with Gasteiger partial charge in [-0.15, -0.1) is 0 Å². The number of nitrogens with one attached hydrogen (secondary N) is 1. The van der Waals surface area contributed by atoms with Crippen molar-refractivity contribution in [2.24, 2.45) is 5.92 Å². The Morgan fingerprint density at radius 2 is 1.70 bits per heavy atom. The van der Waals surface area contributed by atoms with Gasteiger partial charge in [0, 0.05) is 24.4 Å². The molecule has 1 N–H and O–H groups in total. The van der Waals surface area contributed by atoms with Crippen LogP contribution in [-0.4, -0.2) is 43.0 Å². The van der Waals surface area contributed by atoms with E-state index in [0.717, 1.165) is 12.1 Å². The second-order valence-electron chi connectivity index (χ2n) is 8.26. The molecule has 1 aromatic heterocycles. The van der Waals surface area contributed by atoms with Crippen molar-refractivity contribution in [3.05, 3.63) is 65.4 Å². The van der Waals surface area contributed by atoms with E-state index >= 15 is 0 Å². The van der Waals surface area contributed by atoms with E-state index < -0.39 is 11.7 Å². The predicted molar refractivity (Wildman–Crippen MR) is 114 cm³/mol. The lowest BCUT2D eigenvalue weighted by molar-refractivity contribution is -0.137. The first-order valence-electron chi connectivity index (χ1n) is 10.7. The summed E-state index contributed by atoms with van der Waals surface area (Å²) in [6, 6.07) is 12.0. The summed E-state index contributed by atoms with van der Waals surface area (Å²) in [7, 11) is 0. The molecule has 0 spiro atoms. The molecule has 9 heteroatoms. The maximum absolute atomic E-state index is 13.1. The van der Waals surface area contributed by atoms with Gasteiger partial charge in [0.15, 0.2) is 0 Å². The molecule has 0 bridgehead atoms. The number of halogens is 3. The van der Waals surface area contributed by atoms with E-state index in [2.05, 4.69) is 5.32 Å². The van der Waals surface area contributed by atoms with E-state index in [1.807, 2.05) is 0 Å². The highest BCUT2D eigenvalue weighted by atomic mass is 19.4. The summed E-state index contributed by atoms with van der Waals surface area (Å²) in [5.41, 5.74) is 0.776. The molecule has 2 unspecified atom stereocenters. The number of ether oxygens (including phenoxy) is 1. The average Bonchev–Trinajstić information content (AvgIpc) is 3.55. The molecule has 1 aliphatic heterocycles. The Morgan fingerprint density at radius 1 is 1.00 bits per heavy atom. The molecule has 2 heterocycles. The van der Waals surface area contributed by atoms with Crippen LogP contribution in [-0.2, 0) is 15.7 Å². The lowest BCUT2D eigenvalue weighted by atomic mass is 10.1. The third-order valence-corrected chi connectivity index (χ3v) is 6.13. The van der Waals surface area contributed by atoms with Gasteiger partial charge in [0.1, 0.15) is 11.3 Å². The van der Waals surface area contributed by atoms with Crippen molar-refractivity contribution in [1.82, 2.24) is 4.90 Å². The van der Waals surface area contributed by atoms with E-state index in [4.69, 9.17) is 9.15 Å². The van der Waals surface area contributed by atoms with Gasteiger partial charge in [-0.05, 0) is 42.2 Å². The van der Waals surface area contributed by atoms with Crippen LogP contribution in [0.5, 0.6) is 0 Å². The van der Waals surface area contributed by atoms with Crippen LogP contribution in [0.2, 0.25) is 0 Å². The highest BCUT2D eigenvalue weighted by Crippen LogP contribution is 2.49. The monoisotopic (exact) mass is 458 g/mol. The van der Waals surface area contributed by atoms with Crippen molar-refractivity contribution < 1.29 is 31.9 Å². The van der Waals surface area contributed by atoms with Crippen LogP contribution < -0.4 is 5.32 Å². The third-order valence-electron chi connectivity index (χ3n) is 6.13. The first kappa shape index (κ1) is 21.5. The van der Waals surface area contributed by atoms with Gasteiger partial charge in [-0.2, -0.15) is 13.2 Å². The summed E-state index contributed by atoms with van der Waals surface area (Å²) < 4.78 is 49.5. The summed E-state index contributed by atoms with van der Waals surface area (Å²) in [6.45, 7) is 1.73. The van der Waals surface area contributed by atoms with E-state index in [9.17, 15) is 22.8 Å². The number of rotatable bonds is 4. The number of carbonyl (C=O) groups is 2. The zero-order valence-corrected chi connectivity index (χ0v) is 17.5. The van der Waals surface area contributed by atoms with Gasteiger partial charge >= 0.3 is 6.18 Å². The molecule has 2 aromatic carbocycles. The normalized spacial score (nSPS) is 20.6. The number of hydrogen-bond donors (Lipinski definition) is 1. The quantitative estimate of drug-likeness (QED) is 0.617. The van der Waals surface area contributed by atoms with Gasteiger partial charge in [0.25, 0.3) is 5.91 Å². The molecule has 3 aromatic rings. The largest absolute Gasteiger partial charge is 0.449 e. The fourth-order valence-electron chi connectivity index (χ4n) is 4.22. The van der Waals surface area contributed by atoms with Crippen LogP contribution in [0.15, 0.2) is 52.9 Å². The number of alkyl halides is 3. The molecule has 5 rings (SSSR count). The lowest BCUT2D eigenvalue weighted by Gasteiger charge is -2.26. The minimum atomic E-state index is -4.40. The summed E-state index contributed by atoms with van der Waals surface area (Å²) >= 11 is 0. The summed E-state index contributed by atoms with van der Waals surface area (Å²) in [6.07, 6.45) is -3.87. The summed E-state index contributed by atoms with van der Waals surface area (Å²) in [5.74, 6) is -1.09. The fraction of sp³-hybridized carbons (Fsp3) is 0.333. The Morgan fingerprint density at radius 3 is 2.39 bits per heavy atom. The molecule has 2 amide bonds. The Kier molecular flexibility index (Phi) is 5.36. The number of fused-ring (bicyclic) bond motifs is 1. The SMILES string of the molecule is O=C(Nc1c(C(=O)N2CCOCC2)oc2ccccc12)C1CC1c1ccc(C(F)(F)F)cc1. The van der Waals surface area contributed by atoms with E-state index in [1.54, 1.807) is 29.2 Å². The van der Waals surface area contributed by atoms with E-state index in [0.29, 0.717) is 54.9 Å². The van der Waals surface area contributed by atoms with Crippen LogP contribution in [0, 0.1) is 5.92 Å². The third kappa shape index (κ3) is 4.20. The second-order valence-corrected chi connectivity index (χ2v) is 8.26. The molecule has 2 atom stereocenters. The van der Waals surface area contributed by atoms with Gasteiger partial charge in [-0.1, -0.05) is 24.3 Å². The van der Waals surface area contributed by atoms with Crippen LogP contribution in [0.3, 0.4) is 0 Å². The molecular formula is C24H21F3N2O4. The number of para-hydroxylation sites is 1. The number of carbonyl (C=O) groups excluding carboxylic acids is 2. The number of amides is 2. The molecule has 2 fully saturated rings. The number of anilines is 1. The predicted octanol–water partition coefficient (Wildman–Crippen LogP) is 4.67. The van der Waals surface area contributed by atoms with Crippen LogP contribution >= 0.6 is 0 Å². The van der Waals surface area contributed by atoms with Crippen molar-refractivity contribution in [2.45, 2.75) is 18.5 Å². The first-order chi connectivity index (χ1) is 15.8. The topological polar surface area (TPSA) is 71.8 Å². The number of hydrogen-bond acceptors (Lipinski definition) is 4. The zero-order chi connectivity index (χ0) is 23.2. The standard InChI is InChI=1S/C24H21F3N2O4/c25-24(26,27)15-7-5-14(6-8-15)17-13-18(17)22(30)28-20-16-3-1-2-4-19(16)33-21(20)23(31)29-9-11-32-12-10-29/h1-8,17-18H,9-13H2,(H,28,30). The first-order valence-corrected chi connectivity index (χ1v) is 10.7. The number of morpholine rings is 1. The minimum Gasteiger partial charge on any atom is -0.449 e. The van der Waals surface area contributed by atoms with E-state index in [-0.39, 0.29) is 29.4 Å². The van der Waals surface area contributed by atoms with Crippen molar-refractivity contribution in [1.29, 1.82) is 0 Å². The lowest BCUT2D eigenvalue weighted by Crippen LogP contribution is -2.40. The minimum absolute atomic E-state index is 0.0678. The number of benzene rings is 2. The Labute approximate surface area is 187 Å². The Bertz CT molecular complexity index is 1200. The maximum Gasteiger partial charge on any atom is 0.416 e. The molecule has 6 nitrogen and oxygen atoms in total. The number of furan rings is 1. The second kappa shape index (κ2) is 8.22. The molecule has 2 aliphatic rings. The van der Waals surface area contributed by atoms with Gasteiger partial charge in [-0.3, -0.25) is 9.59 Å². The van der Waals surface area contributed by atoms with Gasteiger partial charge < -0.3 is 19.4 Å². The Hall–Kier alpha value is -3.33. The molecule has 1 aliphatic carbocycles. The van der Waals surface area contributed by atoms with Crippen molar-refractivity contribution >= 4 is 28.5 Å². The summed E-state index contributed by atoms with van der Waals surface area (Å²) in [5, 5.41) is 3.48. The highest BCUT2D eigenvalue weighted by Gasteiger charge is 2.45. The highest BCUT2D eigenvalue weighted by molar-refractivity contribution is 6.11. The van der Waals surface area contributed by atoms with Gasteiger partial charge in [0.05, 0.1) is 18.8 Å². The molecular weight excluding hydrogens is 437 g/mol. The molecule has 33 heavy (non-hydrogen) atoms. The van der Waals surface area contributed by atoms with Crippen molar-refractivity contribution in [3.8, 4) is 0 Å². The van der Waals surface area contributed by atoms with Gasteiger partial charge in [0.2, 0.25) is 11.7 Å². The molecule has 1 saturated heterocycles. The average molecular weight is 458 g/mol. The van der Waals surface area contributed by atoms with Crippen LogP contribution in [0.1, 0.15) is 34.0 Å². The fourth-order valence-corrected chi connectivity index (χ4v) is 4.22. The van der Waals surface area contributed by atoms with Gasteiger partial charge in [-0.25, -0.2) is 0 Å². The maximum atomic E-state index is 13.1. The molecule has 172 valence electrons.